The Morgan fingerprint density at radius 1 is 1.09 bits per heavy atom. The Morgan fingerprint density at radius 2 is 1.85 bits per heavy atom. The fraction of sp³-hybridized carbons (Fsp3) is 0.200. The number of hydrogen-bond donors (Lipinski definition) is 1. The predicted molar refractivity (Wildman–Crippen MR) is 129 cm³/mol. The van der Waals surface area contributed by atoms with E-state index in [0.717, 1.165) is 21.1 Å². The van der Waals surface area contributed by atoms with Crippen molar-refractivity contribution >= 4 is 17.2 Å². The zero-order valence-corrected chi connectivity index (χ0v) is 19.2. The molecule has 0 spiro atoms. The summed E-state index contributed by atoms with van der Waals surface area (Å²) in [5.41, 5.74) is 2.32. The van der Waals surface area contributed by atoms with Crippen LogP contribution in [0.2, 0.25) is 0 Å². The number of benzene rings is 2. The van der Waals surface area contributed by atoms with E-state index in [9.17, 15) is 9.59 Å². The van der Waals surface area contributed by atoms with Gasteiger partial charge in [0.15, 0.2) is 11.5 Å². The van der Waals surface area contributed by atoms with Gasteiger partial charge in [0.1, 0.15) is 17.3 Å². The van der Waals surface area contributed by atoms with Crippen LogP contribution >= 0.6 is 11.3 Å². The molecule has 0 aliphatic carbocycles. The quantitative estimate of drug-likeness (QED) is 0.461. The maximum Gasteiger partial charge on any atom is 0.266 e. The van der Waals surface area contributed by atoms with E-state index in [1.807, 2.05) is 49.4 Å². The molecule has 2 aromatic carbocycles. The Kier molecular flexibility index (Phi) is 6.09. The number of carbonyl (C=O) groups excluding carboxylic acids is 1. The first-order valence-corrected chi connectivity index (χ1v) is 11.7. The highest BCUT2D eigenvalue weighted by atomic mass is 32.1. The van der Waals surface area contributed by atoms with Gasteiger partial charge in [0.05, 0.1) is 17.1 Å². The number of amides is 1. The molecule has 3 heterocycles. The summed E-state index contributed by atoms with van der Waals surface area (Å²) in [6, 6.07) is 20.3. The highest BCUT2D eigenvalue weighted by molar-refractivity contribution is 7.18. The first-order valence-electron chi connectivity index (χ1n) is 10.9. The number of fused-ring (bicyclic) bond motifs is 1. The molecule has 4 aromatic rings. The number of thiazole rings is 1. The summed E-state index contributed by atoms with van der Waals surface area (Å²) in [6.45, 7) is 2.52. The first kappa shape index (κ1) is 21.8. The Hall–Kier alpha value is -3.98. The van der Waals surface area contributed by atoms with Crippen LogP contribution in [-0.4, -0.2) is 39.9 Å². The van der Waals surface area contributed by atoms with Crippen molar-refractivity contribution in [1.29, 1.82) is 0 Å². The molecule has 1 amide bonds. The van der Waals surface area contributed by atoms with Crippen LogP contribution in [0.5, 0.6) is 11.5 Å². The highest BCUT2D eigenvalue weighted by Crippen LogP contribution is 2.34. The Balaban J connectivity index is 1.25. The molecule has 0 bridgehead atoms. The van der Waals surface area contributed by atoms with Gasteiger partial charge < -0.3 is 14.8 Å². The van der Waals surface area contributed by atoms with E-state index in [0.29, 0.717) is 17.2 Å². The highest BCUT2D eigenvalue weighted by Gasteiger charge is 2.27. The van der Waals surface area contributed by atoms with Gasteiger partial charge in [0.25, 0.3) is 11.5 Å². The fourth-order valence-corrected chi connectivity index (χ4v) is 4.65. The van der Waals surface area contributed by atoms with E-state index in [1.54, 1.807) is 18.2 Å². The van der Waals surface area contributed by atoms with Gasteiger partial charge in [-0.1, -0.05) is 42.5 Å². The topological polar surface area (TPSA) is 95.3 Å². The monoisotopic (exact) mass is 474 g/mol. The van der Waals surface area contributed by atoms with Crippen LogP contribution in [0.15, 0.2) is 71.5 Å². The second kappa shape index (κ2) is 9.48. The second-order valence-electron chi connectivity index (χ2n) is 7.73. The molecule has 1 atom stereocenters. The van der Waals surface area contributed by atoms with E-state index >= 15 is 0 Å². The summed E-state index contributed by atoms with van der Waals surface area (Å²) >= 11 is 1.53. The molecule has 1 aliphatic heterocycles. The number of aromatic nitrogens is 3. The molecule has 0 fully saturated rings. The van der Waals surface area contributed by atoms with Crippen LogP contribution in [0.25, 0.3) is 21.1 Å². The Morgan fingerprint density at radius 3 is 2.68 bits per heavy atom. The SMILES string of the molecule is Cc1nc(-c2ccccc2)sc1-c1ccc(=O)n(CCNC(=O)C2COc3ccccc3O2)n1. The minimum absolute atomic E-state index is 0.130. The lowest BCUT2D eigenvalue weighted by Gasteiger charge is -2.25. The van der Waals surface area contributed by atoms with Crippen molar-refractivity contribution in [3.63, 3.8) is 0 Å². The van der Waals surface area contributed by atoms with E-state index in [1.165, 1.54) is 22.1 Å². The lowest BCUT2D eigenvalue weighted by atomic mass is 10.2. The molecule has 1 aliphatic rings. The van der Waals surface area contributed by atoms with E-state index in [4.69, 9.17) is 9.47 Å². The summed E-state index contributed by atoms with van der Waals surface area (Å²) in [7, 11) is 0. The minimum atomic E-state index is -0.748. The van der Waals surface area contributed by atoms with Crippen molar-refractivity contribution in [2.24, 2.45) is 0 Å². The predicted octanol–water partition coefficient (Wildman–Crippen LogP) is 3.30. The molecule has 0 saturated heterocycles. The summed E-state index contributed by atoms with van der Waals surface area (Å²) < 4.78 is 12.7. The number of nitrogens with zero attached hydrogens (tertiary/aromatic N) is 3. The van der Waals surface area contributed by atoms with Crippen LogP contribution in [-0.2, 0) is 11.3 Å². The molecular weight excluding hydrogens is 452 g/mol. The lowest BCUT2D eigenvalue weighted by Crippen LogP contribution is -2.45. The standard InChI is InChI=1S/C25H22N4O4S/c1-16-23(34-25(27-16)17-7-3-2-4-8-17)18-11-12-22(30)29(28-18)14-13-26-24(31)21-15-32-19-9-5-6-10-20(19)33-21/h2-12,21H,13-15H2,1H3,(H,26,31). The van der Waals surface area contributed by atoms with Crippen LogP contribution < -0.4 is 20.3 Å². The first-order chi connectivity index (χ1) is 16.6. The molecule has 8 nitrogen and oxygen atoms in total. The van der Waals surface area contributed by atoms with Crippen molar-refractivity contribution < 1.29 is 14.3 Å². The van der Waals surface area contributed by atoms with E-state index in [2.05, 4.69) is 15.4 Å². The third-order valence-corrected chi connectivity index (χ3v) is 6.57. The normalized spacial score (nSPS) is 14.6. The molecule has 1 unspecified atom stereocenters. The van der Waals surface area contributed by atoms with Crippen molar-refractivity contribution in [2.75, 3.05) is 13.2 Å². The van der Waals surface area contributed by atoms with Crippen molar-refractivity contribution in [3.8, 4) is 32.6 Å². The molecule has 1 N–H and O–H groups in total. The summed E-state index contributed by atoms with van der Waals surface area (Å²) in [4.78, 5) is 30.5. The molecule has 2 aromatic heterocycles. The number of para-hydroxylation sites is 2. The molecule has 0 saturated carbocycles. The number of rotatable bonds is 6. The smallest absolute Gasteiger partial charge is 0.266 e. The summed E-state index contributed by atoms with van der Waals surface area (Å²) in [6.07, 6.45) is -0.748. The maximum absolute atomic E-state index is 12.5. The molecule has 9 heteroatoms. The number of aryl methyl sites for hydroxylation is 1. The van der Waals surface area contributed by atoms with Crippen LogP contribution in [0, 0.1) is 6.92 Å². The average Bonchev–Trinajstić information content (AvgIpc) is 3.27. The van der Waals surface area contributed by atoms with Gasteiger partial charge in [0, 0.05) is 18.2 Å². The third-order valence-electron chi connectivity index (χ3n) is 5.34. The zero-order valence-electron chi connectivity index (χ0n) is 18.4. The zero-order chi connectivity index (χ0) is 23.5. The average molecular weight is 475 g/mol. The fourth-order valence-electron chi connectivity index (χ4n) is 3.62. The molecule has 5 rings (SSSR count). The molecule has 172 valence electrons. The Labute approximate surface area is 199 Å². The van der Waals surface area contributed by atoms with Gasteiger partial charge >= 0.3 is 0 Å². The minimum Gasteiger partial charge on any atom is -0.485 e. The largest absolute Gasteiger partial charge is 0.485 e. The summed E-state index contributed by atoms with van der Waals surface area (Å²) in [5.74, 6) is 0.853. The van der Waals surface area contributed by atoms with Gasteiger partial charge in [-0.25, -0.2) is 9.67 Å². The van der Waals surface area contributed by atoms with Crippen molar-refractivity contribution in [3.05, 3.63) is 82.8 Å². The van der Waals surface area contributed by atoms with Gasteiger partial charge in [-0.05, 0) is 25.1 Å². The van der Waals surface area contributed by atoms with Gasteiger partial charge in [-0.3, -0.25) is 9.59 Å². The molecule has 0 radical (unpaired) electrons. The van der Waals surface area contributed by atoms with E-state index < -0.39 is 6.10 Å². The van der Waals surface area contributed by atoms with Crippen molar-refractivity contribution in [2.45, 2.75) is 19.6 Å². The lowest BCUT2D eigenvalue weighted by molar-refractivity contribution is -0.130. The van der Waals surface area contributed by atoms with E-state index in [-0.39, 0.29) is 31.2 Å². The van der Waals surface area contributed by atoms with Gasteiger partial charge in [0.2, 0.25) is 6.10 Å². The van der Waals surface area contributed by atoms with Crippen molar-refractivity contribution in [1.82, 2.24) is 20.1 Å². The number of nitrogens with one attached hydrogen (secondary N) is 1. The molecular formula is C25H22N4O4S. The van der Waals surface area contributed by atoms with Gasteiger partial charge in [-0.2, -0.15) is 5.10 Å². The third kappa shape index (κ3) is 4.55. The molecule has 34 heavy (non-hydrogen) atoms. The summed E-state index contributed by atoms with van der Waals surface area (Å²) in [5, 5.41) is 8.22. The van der Waals surface area contributed by atoms with Crippen LogP contribution in [0.1, 0.15) is 5.69 Å². The second-order valence-corrected chi connectivity index (χ2v) is 8.73. The van der Waals surface area contributed by atoms with Crippen LogP contribution in [0.3, 0.4) is 0 Å². The maximum atomic E-state index is 12.5. The van der Waals surface area contributed by atoms with Crippen LogP contribution in [0.4, 0.5) is 0 Å². The Bertz CT molecular complexity index is 1380. The van der Waals surface area contributed by atoms with Gasteiger partial charge in [-0.15, -0.1) is 11.3 Å². The number of ether oxygens (including phenoxy) is 2. The number of carbonyl (C=O) groups is 1. The number of hydrogen-bond acceptors (Lipinski definition) is 7.